The zero-order valence-corrected chi connectivity index (χ0v) is 30.0. The molecule has 6 rings (SSSR count). The average Bonchev–Trinajstić information content (AvgIpc) is 3.76. The third kappa shape index (κ3) is 9.09. The van der Waals surface area contributed by atoms with E-state index in [0.29, 0.717) is 14.5 Å². The van der Waals surface area contributed by atoms with Crippen molar-refractivity contribution >= 4 is 46.4 Å². The molecular weight excluding hydrogens is 642 g/mol. The molecule has 2 aromatic rings. The Balaban J connectivity index is 0.000000169. The first kappa shape index (κ1) is 32.5. The molecule has 4 aliphatic carbocycles. The predicted octanol–water partition coefficient (Wildman–Crippen LogP) is 10.9. The molecule has 2 unspecified atom stereocenters. The number of aldehydes is 1. The van der Waals surface area contributed by atoms with E-state index < -0.39 is 0 Å². The van der Waals surface area contributed by atoms with Crippen molar-refractivity contribution in [3.8, 4) is 0 Å². The van der Waals surface area contributed by atoms with Crippen LogP contribution < -0.4 is 0 Å². The number of rotatable bonds is 9. The predicted molar refractivity (Wildman–Crippen MR) is 183 cm³/mol. The van der Waals surface area contributed by atoms with Crippen LogP contribution in [-0.2, 0) is 0 Å². The number of hydrogen-bond donors (Lipinski definition) is 0. The minimum absolute atomic E-state index is 0.276. The van der Waals surface area contributed by atoms with E-state index in [-0.39, 0.29) is 14.5 Å². The molecule has 2 atom stereocenters. The van der Waals surface area contributed by atoms with Gasteiger partial charge in [-0.2, -0.15) is 0 Å². The van der Waals surface area contributed by atoms with Crippen molar-refractivity contribution < 1.29 is 4.79 Å². The molecule has 230 valence electrons. The summed E-state index contributed by atoms with van der Waals surface area (Å²) in [6.07, 6.45) is 31.9. The van der Waals surface area contributed by atoms with Crippen molar-refractivity contribution in [1.29, 1.82) is 0 Å². The van der Waals surface area contributed by atoms with Gasteiger partial charge in [0.25, 0.3) is 0 Å². The molecule has 2 heterocycles. The summed E-state index contributed by atoms with van der Waals surface area (Å²) in [5, 5.41) is 0. The third-order valence-corrected chi connectivity index (χ3v) is 15.6. The number of carbonyl (C=O) groups excluding carboxylic acids is 1. The SMILES string of the molecule is CCCC1CCC(C2CC=C(c3ccc(C=O)[se]3)CC2)CC1.CCCC1CCC(C2CC=C(c3ccc[se]3)CC2)CC1. The van der Waals surface area contributed by atoms with Gasteiger partial charge in [-0.25, -0.2) is 0 Å². The van der Waals surface area contributed by atoms with Gasteiger partial charge >= 0.3 is 271 Å². The molecule has 2 saturated carbocycles. The maximum absolute atomic E-state index is 10.9. The Hall–Kier alpha value is -0.851. The van der Waals surface area contributed by atoms with Crippen molar-refractivity contribution in [2.75, 3.05) is 0 Å². The second-order valence-corrected chi connectivity index (χ2v) is 18.3. The third-order valence-electron chi connectivity index (χ3n) is 11.3. The molecule has 0 radical (unpaired) electrons. The first-order chi connectivity index (χ1) is 20.7. The summed E-state index contributed by atoms with van der Waals surface area (Å²) in [5.41, 5.74) is 3.23. The molecule has 0 aromatic carbocycles. The quantitative estimate of drug-likeness (QED) is 0.188. The molecule has 0 spiro atoms. The number of allylic oxidation sites excluding steroid dienone is 4. The van der Waals surface area contributed by atoms with E-state index in [1.165, 1.54) is 120 Å². The molecule has 0 saturated heterocycles. The molecule has 3 heteroatoms. The Morgan fingerprint density at radius 3 is 1.62 bits per heavy atom. The molecule has 0 N–H and O–H groups in total. The molecule has 1 nitrogen and oxygen atoms in total. The van der Waals surface area contributed by atoms with E-state index in [1.54, 1.807) is 15.6 Å². The van der Waals surface area contributed by atoms with Crippen molar-refractivity contribution in [2.45, 2.75) is 129 Å². The molecule has 4 aliphatic rings. The van der Waals surface area contributed by atoms with Gasteiger partial charge in [0.15, 0.2) is 0 Å². The Morgan fingerprint density at radius 2 is 1.21 bits per heavy atom. The normalized spacial score (nSPS) is 30.0. The summed E-state index contributed by atoms with van der Waals surface area (Å²) in [4.78, 5) is 13.2. The zero-order valence-electron chi connectivity index (χ0n) is 26.5. The Morgan fingerprint density at radius 1 is 0.667 bits per heavy atom. The van der Waals surface area contributed by atoms with Gasteiger partial charge in [-0.05, 0) is 0 Å². The summed E-state index contributed by atoms with van der Waals surface area (Å²) < 4.78 is 4.11. The van der Waals surface area contributed by atoms with E-state index >= 15 is 0 Å². The van der Waals surface area contributed by atoms with E-state index in [0.717, 1.165) is 46.2 Å². The van der Waals surface area contributed by atoms with Crippen molar-refractivity contribution in [2.24, 2.45) is 35.5 Å². The Kier molecular flexibility index (Phi) is 13.2. The van der Waals surface area contributed by atoms with E-state index in [2.05, 4.69) is 49.1 Å². The molecule has 0 bridgehead atoms. The van der Waals surface area contributed by atoms with E-state index in [4.69, 9.17) is 0 Å². The summed E-state index contributed by atoms with van der Waals surface area (Å²) in [6.45, 7) is 4.66. The summed E-state index contributed by atoms with van der Waals surface area (Å²) in [6, 6.07) is 8.80. The first-order valence-corrected chi connectivity index (χ1v) is 21.2. The van der Waals surface area contributed by atoms with Crippen molar-refractivity contribution in [3.05, 3.63) is 54.7 Å². The Bertz CT molecular complexity index is 1120. The summed E-state index contributed by atoms with van der Waals surface area (Å²) in [5.74, 6) is 6.04. The Labute approximate surface area is 269 Å². The summed E-state index contributed by atoms with van der Waals surface area (Å²) >= 11 is 0.912. The second-order valence-electron chi connectivity index (χ2n) is 14.0. The molecule has 2 aromatic heterocycles. The van der Waals surface area contributed by atoms with E-state index in [9.17, 15) is 4.79 Å². The fourth-order valence-corrected chi connectivity index (χ4v) is 12.3. The van der Waals surface area contributed by atoms with Gasteiger partial charge in [0.05, 0.1) is 0 Å². The summed E-state index contributed by atoms with van der Waals surface area (Å²) in [7, 11) is 0. The van der Waals surface area contributed by atoms with Gasteiger partial charge in [0, 0.05) is 0 Å². The van der Waals surface area contributed by atoms with Gasteiger partial charge in [-0.15, -0.1) is 0 Å². The molecule has 42 heavy (non-hydrogen) atoms. The van der Waals surface area contributed by atoms with Crippen LogP contribution in [0.25, 0.3) is 11.1 Å². The minimum atomic E-state index is 0.276. The van der Waals surface area contributed by atoms with Gasteiger partial charge in [-0.1, -0.05) is 0 Å². The van der Waals surface area contributed by atoms with Crippen LogP contribution in [0.2, 0.25) is 0 Å². The molecule has 0 aliphatic heterocycles. The van der Waals surface area contributed by atoms with Crippen LogP contribution in [0.1, 0.15) is 148 Å². The zero-order chi connectivity index (χ0) is 29.1. The molecule has 0 amide bonds. The monoisotopic (exact) mass is 700 g/mol. The fourth-order valence-electron chi connectivity index (χ4n) is 8.78. The number of carbonyl (C=O) groups is 1. The van der Waals surface area contributed by atoms with Crippen LogP contribution in [0.3, 0.4) is 0 Å². The van der Waals surface area contributed by atoms with Gasteiger partial charge in [0.1, 0.15) is 0 Å². The fraction of sp³-hybridized carbons (Fsp3) is 0.667. The van der Waals surface area contributed by atoms with Crippen LogP contribution in [0.5, 0.6) is 0 Å². The van der Waals surface area contributed by atoms with Gasteiger partial charge < -0.3 is 0 Å². The molecule has 2 fully saturated rings. The molecular formula is C39H56OSe2. The van der Waals surface area contributed by atoms with Gasteiger partial charge in [0.2, 0.25) is 0 Å². The van der Waals surface area contributed by atoms with Gasteiger partial charge in [-0.3, -0.25) is 0 Å². The second kappa shape index (κ2) is 17.0. The van der Waals surface area contributed by atoms with Crippen LogP contribution in [0, 0.1) is 35.5 Å². The maximum atomic E-state index is 10.9. The van der Waals surface area contributed by atoms with Crippen LogP contribution in [0.4, 0.5) is 0 Å². The van der Waals surface area contributed by atoms with Crippen molar-refractivity contribution in [3.63, 3.8) is 0 Å². The van der Waals surface area contributed by atoms with Crippen molar-refractivity contribution in [1.82, 2.24) is 0 Å². The first-order valence-electron chi connectivity index (χ1n) is 17.6. The standard InChI is InChI=1S/C20H28OSe.C19H28Se/c1-2-3-15-4-6-16(7-5-15)17-8-10-18(11-9-17)20-13-12-19(14-21)22-20;1-2-4-15-6-8-16(9-7-15)17-10-12-18(13-11-17)19-5-3-14-20-19/h10,12-17H,2-9,11H2,1H3;3,5,12,14-17H,2,4,6-11,13H2,1H3. The van der Waals surface area contributed by atoms with Crippen LogP contribution in [-0.4, -0.2) is 35.3 Å². The van der Waals surface area contributed by atoms with Crippen LogP contribution >= 0.6 is 0 Å². The topological polar surface area (TPSA) is 17.1 Å². The van der Waals surface area contributed by atoms with E-state index in [1.807, 2.05) is 6.07 Å². The van der Waals surface area contributed by atoms with Crippen LogP contribution in [0.15, 0.2) is 41.4 Å². The average molecular weight is 699 g/mol. The number of hydrogen-bond acceptors (Lipinski definition) is 1.